The average Bonchev–Trinajstić information content (AvgIpc) is 2.87. The lowest BCUT2D eigenvalue weighted by atomic mass is 9.89. The van der Waals surface area contributed by atoms with E-state index in [0.29, 0.717) is 0 Å². The number of nitrogens with zero attached hydrogens (tertiary/aromatic N) is 2. The lowest BCUT2D eigenvalue weighted by molar-refractivity contribution is 0.141. The maximum atomic E-state index is 4.99. The standard InChI is InChI=1S/C11H17N3O/c1-2-14(6-11-7-15-8-13-11)5-10-4-12-3-9(1)10/h7-10,12H,1-6H2. The first-order valence-electron chi connectivity index (χ1n) is 5.72. The molecule has 0 aliphatic carbocycles. The zero-order valence-corrected chi connectivity index (χ0v) is 8.85. The topological polar surface area (TPSA) is 41.3 Å². The van der Waals surface area contributed by atoms with Gasteiger partial charge < -0.3 is 9.73 Å². The molecule has 2 aliphatic heterocycles. The molecule has 3 rings (SSSR count). The van der Waals surface area contributed by atoms with Crippen molar-refractivity contribution in [3.63, 3.8) is 0 Å². The summed E-state index contributed by atoms with van der Waals surface area (Å²) in [5, 5.41) is 3.48. The molecule has 0 spiro atoms. The van der Waals surface area contributed by atoms with Gasteiger partial charge in [0.25, 0.3) is 0 Å². The van der Waals surface area contributed by atoms with Crippen LogP contribution in [0.4, 0.5) is 0 Å². The number of likely N-dealkylation sites (tertiary alicyclic amines) is 1. The van der Waals surface area contributed by atoms with Crippen molar-refractivity contribution in [2.75, 3.05) is 26.2 Å². The Hall–Kier alpha value is -0.870. The van der Waals surface area contributed by atoms with Gasteiger partial charge in [0, 0.05) is 13.1 Å². The first-order valence-corrected chi connectivity index (χ1v) is 5.72. The molecule has 2 aliphatic rings. The van der Waals surface area contributed by atoms with Crippen LogP contribution in [-0.4, -0.2) is 36.1 Å². The predicted octanol–water partition coefficient (Wildman–Crippen LogP) is 0.716. The summed E-state index contributed by atoms with van der Waals surface area (Å²) in [5.41, 5.74) is 1.06. The van der Waals surface area contributed by atoms with Crippen LogP contribution in [0.25, 0.3) is 0 Å². The lowest BCUT2D eigenvalue weighted by Crippen LogP contribution is -2.39. The highest BCUT2D eigenvalue weighted by Crippen LogP contribution is 2.26. The number of fused-ring (bicyclic) bond motifs is 1. The van der Waals surface area contributed by atoms with Crippen molar-refractivity contribution in [3.05, 3.63) is 18.4 Å². The number of nitrogens with one attached hydrogen (secondary N) is 1. The molecule has 0 amide bonds. The molecule has 0 saturated carbocycles. The zero-order valence-electron chi connectivity index (χ0n) is 8.85. The highest BCUT2D eigenvalue weighted by molar-refractivity contribution is 4.94. The van der Waals surface area contributed by atoms with Crippen LogP contribution in [0.15, 0.2) is 17.1 Å². The van der Waals surface area contributed by atoms with E-state index in [-0.39, 0.29) is 0 Å². The molecule has 4 heteroatoms. The Bertz CT molecular complexity index is 312. The second-order valence-corrected chi connectivity index (χ2v) is 4.68. The largest absolute Gasteiger partial charge is 0.451 e. The molecule has 3 heterocycles. The van der Waals surface area contributed by atoms with Gasteiger partial charge in [-0.2, -0.15) is 0 Å². The molecule has 0 bridgehead atoms. The fraction of sp³-hybridized carbons (Fsp3) is 0.727. The van der Waals surface area contributed by atoms with Gasteiger partial charge in [-0.05, 0) is 37.9 Å². The number of rotatable bonds is 2. The van der Waals surface area contributed by atoms with Crippen LogP contribution in [-0.2, 0) is 6.54 Å². The van der Waals surface area contributed by atoms with E-state index in [1.165, 1.54) is 39.0 Å². The third kappa shape index (κ3) is 1.92. The van der Waals surface area contributed by atoms with E-state index in [9.17, 15) is 0 Å². The van der Waals surface area contributed by atoms with Crippen molar-refractivity contribution in [2.45, 2.75) is 13.0 Å². The minimum absolute atomic E-state index is 0.852. The van der Waals surface area contributed by atoms with Crippen molar-refractivity contribution in [1.29, 1.82) is 0 Å². The van der Waals surface area contributed by atoms with Crippen molar-refractivity contribution >= 4 is 0 Å². The van der Waals surface area contributed by atoms with Crippen LogP contribution in [0.3, 0.4) is 0 Å². The summed E-state index contributed by atoms with van der Waals surface area (Å²) in [7, 11) is 0. The minimum atomic E-state index is 0.852. The average molecular weight is 207 g/mol. The number of aromatic nitrogens is 1. The van der Waals surface area contributed by atoms with Crippen molar-refractivity contribution in [3.8, 4) is 0 Å². The Morgan fingerprint density at radius 1 is 1.47 bits per heavy atom. The smallest absolute Gasteiger partial charge is 0.180 e. The molecule has 1 aromatic heterocycles. The molecule has 0 aromatic carbocycles. The van der Waals surface area contributed by atoms with Crippen LogP contribution in [0.5, 0.6) is 0 Å². The van der Waals surface area contributed by atoms with E-state index < -0.39 is 0 Å². The zero-order chi connectivity index (χ0) is 10.1. The summed E-state index contributed by atoms with van der Waals surface area (Å²) >= 11 is 0. The maximum absolute atomic E-state index is 4.99. The molecule has 82 valence electrons. The Balaban J connectivity index is 1.59. The highest BCUT2D eigenvalue weighted by Gasteiger charge is 2.32. The summed E-state index contributed by atoms with van der Waals surface area (Å²) in [6.45, 7) is 5.78. The van der Waals surface area contributed by atoms with E-state index in [0.717, 1.165) is 24.1 Å². The van der Waals surface area contributed by atoms with Crippen molar-refractivity contribution < 1.29 is 4.42 Å². The molecule has 2 saturated heterocycles. The highest BCUT2D eigenvalue weighted by atomic mass is 16.3. The first-order chi connectivity index (χ1) is 7.42. The molecule has 1 aromatic rings. The molecule has 4 nitrogen and oxygen atoms in total. The van der Waals surface area contributed by atoms with Crippen LogP contribution < -0.4 is 5.32 Å². The number of oxazole rings is 1. The maximum Gasteiger partial charge on any atom is 0.180 e. The van der Waals surface area contributed by atoms with Crippen molar-refractivity contribution in [1.82, 2.24) is 15.2 Å². The van der Waals surface area contributed by atoms with Gasteiger partial charge in [-0.15, -0.1) is 0 Å². The third-order valence-corrected chi connectivity index (χ3v) is 3.66. The molecular weight excluding hydrogens is 190 g/mol. The fourth-order valence-corrected chi connectivity index (χ4v) is 2.80. The van der Waals surface area contributed by atoms with Crippen LogP contribution >= 0.6 is 0 Å². The van der Waals surface area contributed by atoms with Gasteiger partial charge >= 0.3 is 0 Å². The van der Waals surface area contributed by atoms with Gasteiger partial charge in [0.05, 0.1) is 5.69 Å². The Morgan fingerprint density at radius 2 is 2.40 bits per heavy atom. The summed E-state index contributed by atoms with van der Waals surface area (Å²) in [5.74, 6) is 1.77. The van der Waals surface area contributed by atoms with Crippen LogP contribution in [0.2, 0.25) is 0 Å². The Kier molecular flexibility index (Phi) is 2.46. The van der Waals surface area contributed by atoms with Crippen LogP contribution in [0, 0.1) is 11.8 Å². The molecule has 1 N–H and O–H groups in total. The van der Waals surface area contributed by atoms with E-state index in [2.05, 4.69) is 15.2 Å². The third-order valence-electron chi connectivity index (χ3n) is 3.66. The van der Waals surface area contributed by atoms with Gasteiger partial charge in [0.15, 0.2) is 6.39 Å². The van der Waals surface area contributed by atoms with Gasteiger partial charge in [0.2, 0.25) is 0 Å². The van der Waals surface area contributed by atoms with Gasteiger partial charge in [-0.25, -0.2) is 4.98 Å². The van der Waals surface area contributed by atoms with E-state index in [4.69, 9.17) is 4.42 Å². The van der Waals surface area contributed by atoms with E-state index in [1.807, 2.05) is 0 Å². The summed E-state index contributed by atoms with van der Waals surface area (Å²) in [6.07, 6.45) is 4.59. The van der Waals surface area contributed by atoms with Gasteiger partial charge in [0.1, 0.15) is 6.26 Å². The second-order valence-electron chi connectivity index (χ2n) is 4.68. The molecule has 2 unspecified atom stereocenters. The number of piperidine rings is 1. The fourth-order valence-electron chi connectivity index (χ4n) is 2.80. The number of hydrogen-bond donors (Lipinski definition) is 1. The van der Waals surface area contributed by atoms with Crippen molar-refractivity contribution in [2.24, 2.45) is 11.8 Å². The van der Waals surface area contributed by atoms with Gasteiger partial charge in [-0.3, -0.25) is 4.90 Å². The quantitative estimate of drug-likeness (QED) is 0.775. The Labute approximate surface area is 89.7 Å². The molecular formula is C11H17N3O. The Morgan fingerprint density at radius 3 is 3.27 bits per heavy atom. The lowest BCUT2D eigenvalue weighted by Gasteiger charge is -2.33. The van der Waals surface area contributed by atoms with Gasteiger partial charge in [-0.1, -0.05) is 0 Å². The summed E-state index contributed by atoms with van der Waals surface area (Å²) < 4.78 is 4.99. The predicted molar refractivity (Wildman–Crippen MR) is 56.2 cm³/mol. The summed E-state index contributed by atoms with van der Waals surface area (Å²) in [4.78, 5) is 6.66. The SMILES string of the molecule is c1nc(CN2CCC3CNCC3C2)co1. The monoisotopic (exact) mass is 207 g/mol. The van der Waals surface area contributed by atoms with E-state index in [1.54, 1.807) is 6.26 Å². The van der Waals surface area contributed by atoms with E-state index >= 15 is 0 Å². The first kappa shape index (κ1) is 9.36. The second kappa shape index (κ2) is 3.94. The van der Waals surface area contributed by atoms with Crippen LogP contribution in [0.1, 0.15) is 12.1 Å². The molecule has 2 atom stereocenters. The normalized spacial score (nSPS) is 31.7. The minimum Gasteiger partial charge on any atom is -0.451 e. The summed E-state index contributed by atoms with van der Waals surface area (Å²) in [6, 6.07) is 0. The molecule has 2 fully saturated rings. The molecule has 0 radical (unpaired) electrons. The number of hydrogen-bond acceptors (Lipinski definition) is 4. The molecule has 15 heavy (non-hydrogen) atoms.